The number of carbonyl (C=O) groups excluding carboxylic acids is 1. The normalized spacial score (nSPS) is 12.5. The zero-order valence-electron chi connectivity index (χ0n) is 26.7. The largest absolute Gasteiger partial charge is 0.384 e. The van der Waals surface area contributed by atoms with Gasteiger partial charge in [0, 0.05) is 23.1 Å². The molecule has 2 heteroatoms. The van der Waals surface area contributed by atoms with Gasteiger partial charge in [-0.1, -0.05) is 134 Å². The lowest BCUT2D eigenvalue weighted by molar-refractivity contribution is 0.0979. The van der Waals surface area contributed by atoms with Crippen molar-refractivity contribution in [1.29, 1.82) is 0 Å². The average molecular weight is 617 g/mol. The van der Waals surface area contributed by atoms with Gasteiger partial charge in [-0.05, 0) is 100 Å². The number of rotatable bonds is 6. The summed E-state index contributed by atoms with van der Waals surface area (Å²) in [4.78, 5) is 12.4. The average Bonchev–Trinajstić information content (AvgIpc) is 3.14. The predicted molar refractivity (Wildman–Crippen MR) is 201 cm³/mol. The molecule has 1 unspecified atom stereocenters. The molecule has 0 aromatic heterocycles. The number of hydrogen-bond acceptors (Lipinski definition) is 2. The second-order valence-corrected chi connectivity index (χ2v) is 13.0. The van der Waals surface area contributed by atoms with Gasteiger partial charge in [0.25, 0.3) is 0 Å². The molecular formula is C46H32O2. The van der Waals surface area contributed by atoms with Crippen LogP contribution in [0.4, 0.5) is 0 Å². The Hall–Kier alpha value is -5.75. The highest BCUT2D eigenvalue weighted by Gasteiger charge is 2.21. The summed E-state index contributed by atoms with van der Waals surface area (Å²) in [6, 6.07) is 44.2. The molecule has 48 heavy (non-hydrogen) atoms. The van der Waals surface area contributed by atoms with Crippen LogP contribution in [0.25, 0.3) is 64.6 Å². The smallest absolute Gasteiger partial charge is 0.162 e. The van der Waals surface area contributed by atoms with Crippen molar-refractivity contribution < 1.29 is 9.90 Å². The first-order valence-corrected chi connectivity index (χ1v) is 16.8. The number of ketones is 1. The van der Waals surface area contributed by atoms with E-state index in [9.17, 15) is 9.90 Å². The maximum Gasteiger partial charge on any atom is 0.162 e. The number of benzene rings is 9. The van der Waals surface area contributed by atoms with E-state index in [0.29, 0.717) is 6.42 Å². The lowest BCUT2D eigenvalue weighted by atomic mass is 9.85. The van der Waals surface area contributed by atoms with Gasteiger partial charge in [0.1, 0.15) is 6.10 Å². The molecule has 228 valence electrons. The standard InChI is InChI=1S/C46H32O2/c1-2-3-7-41(47)30-12-9-28(10-13-30)8-11-29-14-15-33-20-25-38-40(27-22-35-18-23-36(29)43(33)45(35)38)46(48)39-26-21-34-17-16-31-5-4-6-32-19-24-37(39)44(34)42(31)32/h4-6,9-10,12-27,46,48H,2-3,7H2,1H3. The summed E-state index contributed by atoms with van der Waals surface area (Å²) >= 11 is 0. The zero-order chi connectivity index (χ0) is 32.4. The summed E-state index contributed by atoms with van der Waals surface area (Å²) in [6.45, 7) is 2.10. The quantitative estimate of drug-likeness (QED) is 0.115. The van der Waals surface area contributed by atoms with Gasteiger partial charge in [0.05, 0.1) is 0 Å². The van der Waals surface area contributed by atoms with E-state index in [0.717, 1.165) is 78.4 Å². The van der Waals surface area contributed by atoms with Crippen molar-refractivity contribution in [2.75, 3.05) is 0 Å². The van der Waals surface area contributed by atoms with Gasteiger partial charge in [0.15, 0.2) is 5.78 Å². The van der Waals surface area contributed by atoms with Crippen LogP contribution in [0.5, 0.6) is 0 Å². The van der Waals surface area contributed by atoms with Crippen LogP contribution in [0.1, 0.15) is 64.9 Å². The SMILES string of the molecule is CCCCC(=O)c1ccc(C#Cc2ccc3ccc4c(C(O)c5ccc6ccc7cccc8ccc5c6c78)ccc5ccc2c3c54)cc1. The number of hydrogen-bond donors (Lipinski definition) is 1. The van der Waals surface area contributed by atoms with Crippen molar-refractivity contribution in [1.82, 2.24) is 0 Å². The molecule has 0 saturated heterocycles. The molecule has 1 N–H and O–H groups in total. The van der Waals surface area contributed by atoms with E-state index >= 15 is 0 Å². The third-order valence-corrected chi connectivity index (χ3v) is 10.2. The topological polar surface area (TPSA) is 37.3 Å². The van der Waals surface area contributed by atoms with Crippen LogP contribution < -0.4 is 0 Å². The fraction of sp³-hybridized carbons (Fsp3) is 0.109. The van der Waals surface area contributed by atoms with Crippen LogP contribution in [0, 0.1) is 11.8 Å². The molecular weight excluding hydrogens is 585 g/mol. The third kappa shape index (κ3) is 4.43. The molecule has 9 aromatic rings. The Morgan fingerprint density at radius 3 is 1.69 bits per heavy atom. The molecule has 0 spiro atoms. The van der Waals surface area contributed by atoms with Crippen molar-refractivity contribution in [3.63, 3.8) is 0 Å². The Labute approximate surface area is 278 Å². The molecule has 1 atom stereocenters. The second kappa shape index (κ2) is 11.2. The number of carbonyl (C=O) groups is 1. The van der Waals surface area contributed by atoms with E-state index in [4.69, 9.17) is 0 Å². The number of aliphatic hydroxyl groups excluding tert-OH is 1. The summed E-state index contributed by atoms with van der Waals surface area (Å²) < 4.78 is 0. The first kappa shape index (κ1) is 28.5. The minimum absolute atomic E-state index is 0.187. The van der Waals surface area contributed by atoms with Crippen LogP contribution in [-0.2, 0) is 0 Å². The van der Waals surface area contributed by atoms with E-state index in [1.54, 1.807) is 0 Å². The first-order valence-electron chi connectivity index (χ1n) is 16.8. The fourth-order valence-electron chi connectivity index (χ4n) is 7.70. The van der Waals surface area contributed by atoms with Crippen LogP contribution in [0.2, 0.25) is 0 Å². The zero-order valence-corrected chi connectivity index (χ0v) is 26.7. The molecule has 0 aliphatic heterocycles. The molecule has 0 amide bonds. The maximum absolute atomic E-state index is 12.4. The van der Waals surface area contributed by atoms with E-state index in [1.165, 1.54) is 26.9 Å². The van der Waals surface area contributed by atoms with E-state index in [1.807, 2.05) is 24.3 Å². The van der Waals surface area contributed by atoms with Crippen molar-refractivity contribution >= 4 is 70.4 Å². The monoisotopic (exact) mass is 616 g/mol. The van der Waals surface area contributed by atoms with Crippen LogP contribution in [0.15, 0.2) is 127 Å². The lowest BCUT2D eigenvalue weighted by Crippen LogP contribution is -2.03. The highest BCUT2D eigenvalue weighted by Crippen LogP contribution is 2.43. The van der Waals surface area contributed by atoms with Crippen molar-refractivity contribution in [3.8, 4) is 11.8 Å². The van der Waals surface area contributed by atoms with E-state index < -0.39 is 6.10 Å². The number of Topliss-reactive ketones (excluding diaryl/α,β-unsaturated/α-hetero) is 1. The Bertz CT molecular complexity index is 2720. The Balaban J connectivity index is 1.15. The molecule has 0 heterocycles. The van der Waals surface area contributed by atoms with Gasteiger partial charge in [-0.15, -0.1) is 0 Å². The fourth-order valence-corrected chi connectivity index (χ4v) is 7.70. The van der Waals surface area contributed by atoms with E-state index in [-0.39, 0.29) is 5.78 Å². The summed E-state index contributed by atoms with van der Waals surface area (Å²) in [6.07, 6.45) is 1.71. The molecule has 0 aliphatic rings. The molecule has 0 radical (unpaired) electrons. The minimum Gasteiger partial charge on any atom is -0.384 e. The van der Waals surface area contributed by atoms with Gasteiger partial charge in [-0.3, -0.25) is 4.79 Å². The Morgan fingerprint density at radius 2 is 1.06 bits per heavy atom. The van der Waals surface area contributed by atoms with Crippen LogP contribution >= 0.6 is 0 Å². The lowest BCUT2D eigenvalue weighted by Gasteiger charge is -2.20. The third-order valence-electron chi connectivity index (χ3n) is 10.2. The van der Waals surface area contributed by atoms with Crippen LogP contribution in [0.3, 0.4) is 0 Å². The summed E-state index contributed by atoms with van der Waals surface area (Å²) in [5.41, 5.74) is 4.40. The second-order valence-electron chi connectivity index (χ2n) is 13.0. The molecule has 0 aliphatic carbocycles. The molecule has 9 aromatic carbocycles. The van der Waals surface area contributed by atoms with Gasteiger partial charge in [-0.2, -0.15) is 0 Å². The van der Waals surface area contributed by atoms with Crippen molar-refractivity contribution in [2.45, 2.75) is 32.3 Å². The molecule has 0 fully saturated rings. The predicted octanol–water partition coefficient (Wildman–Crippen LogP) is 11.3. The molecule has 2 nitrogen and oxygen atoms in total. The van der Waals surface area contributed by atoms with Gasteiger partial charge in [-0.25, -0.2) is 0 Å². The summed E-state index contributed by atoms with van der Waals surface area (Å²) in [5, 5.41) is 26.1. The molecule has 9 rings (SSSR count). The minimum atomic E-state index is -0.796. The highest BCUT2D eigenvalue weighted by atomic mass is 16.3. The maximum atomic E-state index is 12.4. The molecule has 0 bridgehead atoms. The first-order chi connectivity index (χ1) is 23.6. The Morgan fingerprint density at radius 1 is 0.562 bits per heavy atom. The van der Waals surface area contributed by atoms with Gasteiger partial charge in [0.2, 0.25) is 0 Å². The number of unbranched alkanes of at least 4 members (excludes halogenated alkanes) is 1. The summed E-state index contributed by atoms with van der Waals surface area (Å²) in [7, 11) is 0. The highest BCUT2D eigenvalue weighted by molar-refractivity contribution is 6.25. The van der Waals surface area contributed by atoms with E-state index in [2.05, 4.69) is 122 Å². The van der Waals surface area contributed by atoms with Crippen molar-refractivity contribution in [3.05, 3.63) is 155 Å². The van der Waals surface area contributed by atoms with Crippen molar-refractivity contribution in [2.24, 2.45) is 0 Å². The number of aliphatic hydroxyl groups is 1. The molecule has 0 saturated carbocycles. The van der Waals surface area contributed by atoms with Crippen LogP contribution in [-0.4, -0.2) is 10.9 Å². The van der Waals surface area contributed by atoms with Gasteiger partial charge >= 0.3 is 0 Å². The Kier molecular flexibility index (Phi) is 6.64. The van der Waals surface area contributed by atoms with Gasteiger partial charge < -0.3 is 5.11 Å². The summed E-state index contributed by atoms with van der Waals surface area (Å²) in [5.74, 6) is 6.94.